The summed E-state index contributed by atoms with van der Waals surface area (Å²) in [6.45, 7) is 4.00. The Morgan fingerprint density at radius 3 is 2.18 bits per heavy atom. The van der Waals surface area contributed by atoms with Crippen LogP contribution in [0.2, 0.25) is 0 Å². The molecule has 2 aliphatic carbocycles. The van der Waals surface area contributed by atoms with E-state index in [2.05, 4.69) is 30.3 Å². The molecule has 0 aliphatic heterocycles. The summed E-state index contributed by atoms with van der Waals surface area (Å²) in [6, 6.07) is 11.4. The molecular weight excluding hydrogens is 264 g/mol. The van der Waals surface area contributed by atoms with Gasteiger partial charge in [-0.05, 0) is 36.2 Å². The fraction of sp³-hybridized carbons (Fsp3) is 0.727. The fourth-order valence-corrected chi connectivity index (χ4v) is 4.73. The Hall–Kier alpha value is -0.780. The fourth-order valence-electron chi connectivity index (χ4n) is 4.73. The van der Waals surface area contributed by atoms with Gasteiger partial charge in [-0.3, -0.25) is 0 Å². The molecule has 2 fully saturated rings. The summed E-state index contributed by atoms with van der Waals surface area (Å²) in [6.07, 6.45) is 17.6. The second-order valence-electron chi connectivity index (χ2n) is 7.25. The van der Waals surface area contributed by atoms with Crippen molar-refractivity contribution < 1.29 is 1.43 Å². The quantitative estimate of drug-likeness (QED) is 0.527. The summed E-state index contributed by atoms with van der Waals surface area (Å²) < 4.78 is 0. The van der Waals surface area contributed by atoms with Crippen LogP contribution in [0.25, 0.3) is 0 Å². The highest BCUT2D eigenvalue weighted by molar-refractivity contribution is 5.25. The summed E-state index contributed by atoms with van der Waals surface area (Å²) in [4.78, 5) is 0. The van der Waals surface area contributed by atoms with Gasteiger partial charge in [0, 0.05) is 1.43 Å². The summed E-state index contributed by atoms with van der Waals surface area (Å²) in [5, 5.41) is 0. The smallest absolute Gasteiger partial charge is 0 e. The monoisotopic (exact) mass is 302 g/mol. The third-order valence-corrected chi connectivity index (χ3v) is 5.94. The number of hydrogen-bond donors (Lipinski definition) is 0. The van der Waals surface area contributed by atoms with Crippen molar-refractivity contribution in [2.75, 3.05) is 0 Å². The molecule has 0 saturated heterocycles. The van der Waals surface area contributed by atoms with E-state index in [1.165, 1.54) is 77.0 Å². The molecule has 1 aromatic rings. The van der Waals surface area contributed by atoms with Gasteiger partial charge in [-0.15, -0.1) is 0 Å². The summed E-state index contributed by atoms with van der Waals surface area (Å²) in [5.41, 5.74) is 2.16. The first-order valence-corrected chi connectivity index (χ1v) is 9.95. The molecule has 1 aromatic carbocycles. The zero-order valence-corrected chi connectivity index (χ0v) is 14.9. The molecule has 3 rings (SSSR count). The molecule has 0 spiro atoms. The van der Waals surface area contributed by atoms with Crippen LogP contribution in [-0.4, -0.2) is 0 Å². The van der Waals surface area contributed by atoms with E-state index in [-0.39, 0.29) is 1.43 Å². The van der Waals surface area contributed by atoms with Crippen molar-refractivity contribution in [2.45, 2.75) is 96.3 Å². The molecule has 0 atom stereocenters. The van der Waals surface area contributed by atoms with Crippen LogP contribution < -0.4 is 0 Å². The van der Waals surface area contributed by atoms with Crippen LogP contribution in [0.15, 0.2) is 30.3 Å². The average molecular weight is 303 g/mol. The number of benzene rings is 1. The maximum absolute atomic E-state index is 2.39. The zero-order valence-electron chi connectivity index (χ0n) is 14.9. The summed E-state index contributed by atoms with van der Waals surface area (Å²) in [7, 11) is 0. The summed E-state index contributed by atoms with van der Waals surface area (Å²) >= 11 is 0. The van der Waals surface area contributed by atoms with Crippen molar-refractivity contribution in [3.05, 3.63) is 35.9 Å². The first-order chi connectivity index (χ1) is 10.9. The minimum absolute atomic E-state index is 0. The minimum atomic E-state index is 0. The van der Waals surface area contributed by atoms with Crippen LogP contribution in [0.1, 0.15) is 97.9 Å². The lowest BCUT2D eigenvalue weighted by molar-refractivity contribution is 0.259. The largest absolute Gasteiger partial charge is 0.0683 e. The van der Waals surface area contributed by atoms with Gasteiger partial charge in [0.1, 0.15) is 0 Å². The first-order valence-electron chi connectivity index (χ1n) is 9.95. The third kappa shape index (κ3) is 4.61. The standard InChI is InChI=1S/C20H30.C2H6.H2/c1-3-13-19(14-4-1)20(15-7-2-8-16-20)17-9-12-18-10-5-6-11-18;1-2;/h1,3-4,13-14,18H,2,5-12,15-17H2;1-2H3;1H. The number of hydrogen-bond acceptors (Lipinski definition) is 0. The van der Waals surface area contributed by atoms with Crippen molar-refractivity contribution in [3.8, 4) is 0 Å². The van der Waals surface area contributed by atoms with Gasteiger partial charge in [0.25, 0.3) is 0 Å². The number of rotatable bonds is 5. The molecule has 0 bridgehead atoms. The Kier molecular flexibility index (Phi) is 7.49. The van der Waals surface area contributed by atoms with Gasteiger partial charge in [0.15, 0.2) is 0 Å². The lowest BCUT2D eigenvalue weighted by atomic mass is 9.66. The van der Waals surface area contributed by atoms with E-state index < -0.39 is 0 Å². The van der Waals surface area contributed by atoms with Crippen molar-refractivity contribution in [3.63, 3.8) is 0 Å². The summed E-state index contributed by atoms with van der Waals surface area (Å²) in [5.74, 6) is 1.06. The first kappa shape index (κ1) is 17.6. The minimum Gasteiger partial charge on any atom is -0.0683 e. The van der Waals surface area contributed by atoms with Gasteiger partial charge in [0.05, 0.1) is 0 Å². The van der Waals surface area contributed by atoms with E-state index in [1.54, 1.807) is 5.56 Å². The SMILES string of the molecule is CC.[HH].c1ccc(C2(CCCC3CCCC3)CCCCC2)cc1. The molecule has 0 unspecified atom stereocenters. The maximum Gasteiger partial charge on any atom is 0 e. The van der Waals surface area contributed by atoms with Crippen LogP contribution >= 0.6 is 0 Å². The molecule has 2 saturated carbocycles. The maximum atomic E-state index is 2.39. The Balaban J connectivity index is 0.000000849. The highest BCUT2D eigenvalue weighted by atomic mass is 14.4. The molecule has 22 heavy (non-hydrogen) atoms. The molecule has 0 heteroatoms. The van der Waals surface area contributed by atoms with Gasteiger partial charge in [0.2, 0.25) is 0 Å². The van der Waals surface area contributed by atoms with Gasteiger partial charge < -0.3 is 0 Å². The van der Waals surface area contributed by atoms with Crippen LogP contribution in [-0.2, 0) is 5.41 Å². The van der Waals surface area contributed by atoms with Crippen LogP contribution in [0.3, 0.4) is 0 Å². The van der Waals surface area contributed by atoms with Crippen LogP contribution in [0, 0.1) is 5.92 Å². The Labute approximate surface area is 140 Å². The highest BCUT2D eigenvalue weighted by Crippen LogP contribution is 2.44. The molecule has 2 aliphatic rings. The van der Waals surface area contributed by atoms with Crippen molar-refractivity contribution in [1.29, 1.82) is 0 Å². The molecule has 0 N–H and O–H groups in total. The normalized spacial score (nSPS) is 21.2. The molecular formula is C22H38. The van der Waals surface area contributed by atoms with Crippen molar-refractivity contribution >= 4 is 0 Å². The predicted molar refractivity (Wildman–Crippen MR) is 100 cm³/mol. The van der Waals surface area contributed by atoms with Gasteiger partial charge in [-0.1, -0.05) is 102 Å². The third-order valence-electron chi connectivity index (χ3n) is 5.94. The lowest BCUT2D eigenvalue weighted by Crippen LogP contribution is -2.29. The average Bonchev–Trinajstić information content (AvgIpc) is 3.12. The van der Waals surface area contributed by atoms with Gasteiger partial charge in [-0.25, -0.2) is 0 Å². The zero-order chi connectivity index (χ0) is 15.7. The lowest BCUT2D eigenvalue weighted by Gasteiger charge is -2.38. The van der Waals surface area contributed by atoms with Crippen molar-refractivity contribution in [2.24, 2.45) is 5.92 Å². The van der Waals surface area contributed by atoms with E-state index >= 15 is 0 Å². The van der Waals surface area contributed by atoms with E-state index in [1.807, 2.05) is 13.8 Å². The van der Waals surface area contributed by atoms with E-state index in [0.29, 0.717) is 5.41 Å². The van der Waals surface area contributed by atoms with Crippen molar-refractivity contribution in [1.82, 2.24) is 0 Å². The molecule has 0 aromatic heterocycles. The van der Waals surface area contributed by atoms with E-state index in [4.69, 9.17) is 0 Å². The van der Waals surface area contributed by atoms with Gasteiger partial charge in [-0.2, -0.15) is 0 Å². The van der Waals surface area contributed by atoms with Crippen LogP contribution in [0.4, 0.5) is 0 Å². The van der Waals surface area contributed by atoms with E-state index in [0.717, 1.165) is 5.92 Å². The Morgan fingerprint density at radius 2 is 1.55 bits per heavy atom. The second-order valence-corrected chi connectivity index (χ2v) is 7.25. The topological polar surface area (TPSA) is 0 Å². The molecule has 0 amide bonds. The predicted octanol–water partition coefficient (Wildman–Crippen LogP) is 7.52. The van der Waals surface area contributed by atoms with Crippen LogP contribution in [0.5, 0.6) is 0 Å². The Bertz CT molecular complexity index is 386. The van der Waals surface area contributed by atoms with E-state index in [9.17, 15) is 0 Å². The molecule has 0 radical (unpaired) electrons. The second kappa shape index (κ2) is 9.38. The molecule has 0 nitrogen and oxygen atoms in total. The van der Waals surface area contributed by atoms with Gasteiger partial charge >= 0.3 is 0 Å². The molecule has 0 heterocycles. The highest BCUT2D eigenvalue weighted by Gasteiger charge is 2.33. The Morgan fingerprint density at radius 1 is 0.909 bits per heavy atom. The molecule has 126 valence electrons.